The molecule has 0 aromatic carbocycles. The van der Waals surface area contributed by atoms with Gasteiger partial charge in [0.1, 0.15) is 5.60 Å². The average molecular weight is 225 g/mol. The monoisotopic (exact) mass is 225 g/mol. The number of nitrogens with zero attached hydrogens (tertiary/aromatic N) is 2. The van der Waals surface area contributed by atoms with Crippen LogP contribution in [0.3, 0.4) is 0 Å². The third kappa shape index (κ3) is 2.82. The molecule has 2 N–H and O–H groups in total. The number of aryl methyl sites for hydroxylation is 1. The minimum atomic E-state index is -0.636. The van der Waals surface area contributed by atoms with Crippen molar-refractivity contribution >= 4 is 12.0 Å². The van der Waals surface area contributed by atoms with Gasteiger partial charge in [-0.3, -0.25) is 4.79 Å². The summed E-state index contributed by atoms with van der Waals surface area (Å²) in [5.74, 6) is -0.618. The molecule has 0 fully saturated rings. The van der Waals surface area contributed by atoms with Crippen molar-refractivity contribution < 1.29 is 14.3 Å². The standard InChI is InChI=1S/C10H15N3O3/c1-6-7(8(11)14)5-13(12-6)9(15)16-10(2,3)4/h5H,1-4H3,(H2,11,14). The molecular weight excluding hydrogens is 210 g/mol. The zero-order valence-electron chi connectivity index (χ0n) is 9.77. The zero-order chi connectivity index (χ0) is 12.5. The maximum absolute atomic E-state index is 11.6. The molecule has 0 aliphatic heterocycles. The summed E-state index contributed by atoms with van der Waals surface area (Å²) in [7, 11) is 0. The van der Waals surface area contributed by atoms with Crippen molar-refractivity contribution in [2.45, 2.75) is 33.3 Å². The first-order chi connectivity index (χ1) is 7.20. The van der Waals surface area contributed by atoms with E-state index >= 15 is 0 Å². The molecule has 0 aliphatic carbocycles. The van der Waals surface area contributed by atoms with Gasteiger partial charge in [0.25, 0.3) is 5.91 Å². The number of hydrogen-bond donors (Lipinski definition) is 1. The topological polar surface area (TPSA) is 87.2 Å². The Morgan fingerprint density at radius 2 is 2.00 bits per heavy atom. The molecule has 1 amide bonds. The number of ether oxygens (including phenoxy) is 1. The molecule has 1 aromatic heterocycles. The minimum Gasteiger partial charge on any atom is -0.442 e. The zero-order valence-corrected chi connectivity index (χ0v) is 9.77. The Labute approximate surface area is 93.4 Å². The maximum Gasteiger partial charge on any atom is 0.435 e. The third-order valence-corrected chi connectivity index (χ3v) is 1.74. The van der Waals surface area contributed by atoms with Crippen LogP contribution < -0.4 is 5.73 Å². The first kappa shape index (κ1) is 12.2. The SMILES string of the molecule is Cc1nn(C(=O)OC(C)(C)C)cc1C(N)=O. The van der Waals surface area contributed by atoms with Crippen molar-refractivity contribution in [3.05, 3.63) is 17.5 Å². The predicted molar refractivity (Wildman–Crippen MR) is 57.1 cm³/mol. The Kier molecular flexibility index (Phi) is 3.02. The summed E-state index contributed by atoms with van der Waals surface area (Å²) < 4.78 is 6.05. The minimum absolute atomic E-state index is 0.214. The van der Waals surface area contributed by atoms with Gasteiger partial charge >= 0.3 is 6.09 Å². The van der Waals surface area contributed by atoms with Gasteiger partial charge in [0.05, 0.1) is 17.5 Å². The van der Waals surface area contributed by atoms with E-state index in [-0.39, 0.29) is 5.56 Å². The summed E-state index contributed by atoms with van der Waals surface area (Å²) in [6.07, 6.45) is 0.634. The van der Waals surface area contributed by atoms with Crippen LogP contribution in [0.15, 0.2) is 6.20 Å². The first-order valence-electron chi connectivity index (χ1n) is 4.80. The molecule has 0 saturated heterocycles. The molecule has 0 radical (unpaired) electrons. The van der Waals surface area contributed by atoms with E-state index in [1.807, 2.05) is 0 Å². The van der Waals surface area contributed by atoms with Crippen LogP contribution in [0.25, 0.3) is 0 Å². The van der Waals surface area contributed by atoms with E-state index in [4.69, 9.17) is 10.5 Å². The molecule has 16 heavy (non-hydrogen) atoms. The molecule has 6 nitrogen and oxygen atoms in total. The second-order valence-corrected chi connectivity index (χ2v) is 4.42. The van der Waals surface area contributed by atoms with Crippen LogP contribution in [-0.4, -0.2) is 27.4 Å². The maximum atomic E-state index is 11.6. The van der Waals surface area contributed by atoms with Crippen LogP contribution in [0.1, 0.15) is 36.8 Å². The van der Waals surface area contributed by atoms with Crippen LogP contribution in [0.5, 0.6) is 0 Å². The fourth-order valence-electron chi connectivity index (χ4n) is 1.10. The molecule has 0 saturated carbocycles. The lowest BCUT2D eigenvalue weighted by Crippen LogP contribution is -2.27. The number of nitrogens with two attached hydrogens (primary N) is 1. The van der Waals surface area contributed by atoms with E-state index in [1.54, 1.807) is 27.7 Å². The summed E-state index contributed by atoms with van der Waals surface area (Å²) >= 11 is 0. The van der Waals surface area contributed by atoms with E-state index in [2.05, 4.69) is 5.10 Å². The summed E-state index contributed by atoms with van der Waals surface area (Å²) in [4.78, 5) is 22.5. The fraction of sp³-hybridized carbons (Fsp3) is 0.500. The van der Waals surface area contributed by atoms with Crippen LogP contribution >= 0.6 is 0 Å². The van der Waals surface area contributed by atoms with Crippen molar-refractivity contribution in [2.75, 3.05) is 0 Å². The van der Waals surface area contributed by atoms with Gasteiger partial charge in [-0.1, -0.05) is 0 Å². The van der Waals surface area contributed by atoms with Crippen molar-refractivity contribution in [2.24, 2.45) is 5.73 Å². The summed E-state index contributed by atoms with van der Waals surface area (Å²) in [6, 6.07) is 0. The first-order valence-corrected chi connectivity index (χ1v) is 4.80. The second-order valence-electron chi connectivity index (χ2n) is 4.42. The number of carbonyl (C=O) groups is 2. The summed E-state index contributed by atoms with van der Waals surface area (Å²) in [5, 5.41) is 3.86. The van der Waals surface area contributed by atoms with Crippen molar-refractivity contribution in [1.82, 2.24) is 9.78 Å². The van der Waals surface area contributed by atoms with E-state index in [9.17, 15) is 9.59 Å². The molecule has 0 bridgehead atoms. The highest BCUT2D eigenvalue weighted by Crippen LogP contribution is 2.10. The molecule has 1 aromatic rings. The lowest BCUT2D eigenvalue weighted by atomic mass is 10.2. The van der Waals surface area contributed by atoms with E-state index in [1.165, 1.54) is 6.20 Å². The number of carbonyl (C=O) groups excluding carboxylic acids is 2. The average Bonchev–Trinajstić information content (AvgIpc) is 2.44. The summed E-state index contributed by atoms with van der Waals surface area (Å²) in [6.45, 7) is 6.84. The molecule has 0 aliphatic rings. The van der Waals surface area contributed by atoms with Crippen LogP contribution in [0, 0.1) is 6.92 Å². The van der Waals surface area contributed by atoms with Crippen LogP contribution in [0.2, 0.25) is 0 Å². The van der Waals surface area contributed by atoms with E-state index < -0.39 is 17.6 Å². The molecule has 1 rings (SSSR count). The lowest BCUT2D eigenvalue weighted by Gasteiger charge is -2.18. The van der Waals surface area contributed by atoms with Crippen LogP contribution in [-0.2, 0) is 4.74 Å². The van der Waals surface area contributed by atoms with Gasteiger partial charge in [0.15, 0.2) is 0 Å². The fourth-order valence-corrected chi connectivity index (χ4v) is 1.10. The van der Waals surface area contributed by atoms with Gasteiger partial charge in [0.2, 0.25) is 0 Å². The normalized spacial score (nSPS) is 11.2. The highest BCUT2D eigenvalue weighted by atomic mass is 16.6. The Morgan fingerprint density at radius 1 is 1.44 bits per heavy atom. The molecule has 6 heteroatoms. The van der Waals surface area contributed by atoms with Gasteiger partial charge < -0.3 is 10.5 Å². The Balaban J connectivity index is 2.94. The van der Waals surface area contributed by atoms with E-state index in [0.29, 0.717) is 5.69 Å². The Hall–Kier alpha value is -1.85. The molecule has 88 valence electrons. The van der Waals surface area contributed by atoms with Gasteiger partial charge in [-0.25, -0.2) is 4.79 Å². The highest BCUT2D eigenvalue weighted by molar-refractivity contribution is 5.94. The number of primary amides is 1. The Bertz CT molecular complexity index is 429. The second kappa shape index (κ2) is 3.96. The highest BCUT2D eigenvalue weighted by Gasteiger charge is 2.20. The van der Waals surface area contributed by atoms with Gasteiger partial charge in [-0.15, -0.1) is 0 Å². The quantitative estimate of drug-likeness (QED) is 0.774. The summed E-state index contributed by atoms with van der Waals surface area (Å²) in [5.41, 5.74) is 5.12. The largest absolute Gasteiger partial charge is 0.442 e. The lowest BCUT2D eigenvalue weighted by molar-refractivity contribution is 0.0514. The van der Waals surface area contributed by atoms with Crippen molar-refractivity contribution in [3.63, 3.8) is 0 Å². The smallest absolute Gasteiger partial charge is 0.435 e. The number of amides is 1. The molecule has 1 heterocycles. The van der Waals surface area contributed by atoms with Gasteiger partial charge in [-0.2, -0.15) is 9.78 Å². The van der Waals surface area contributed by atoms with Gasteiger partial charge in [0, 0.05) is 0 Å². The van der Waals surface area contributed by atoms with Gasteiger partial charge in [-0.05, 0) is 27.7 Å². The molecule has 0 spiro atoms. The number of aromatic nitrogens is 2. The number of hydrogen-bond acceptors (Lipinski definition) is 4. The van der Waals surface area contributed by atoms with Crippen molar-refractivity contribution in [1.29, 1.82) is 0 Å². The Morgan fingerprint density at radius 3 is 2.38 bits per heavy atom. The molecule has 0 atom stereocenters. The predicted octanol–water partition coefficient (Wildman–Crippen LogP) is 1.07. The van der Waals surface area contributed by atoms with Crippen LogP contribution in [0.4, 0.5) is 4.79 Å². The molecular formula is C10H15N3O3. The third-order valence-electron chi connectivity index (χ3n) is 1.74. The number of rotatable bonds is 1. The van der Waals surface area contributed by atoms with E-state index in [0.717, 1.165) is 4.68 Å². The molecule has 0 unspecified atom stereocenters. The van der Waals surface area contributed by atoms with Crippen molar-refractivity contribution in [3.8, 4) is 0 Å².